The fourth-order valence-corrected chi connectivity index (χ4v) is 6.26. The van der Waals surface area contributed by atoms with Crippen molar-refractivity contribution >= 4 is 10.1 Å². The Morgan fingerprint density at radius 3 is 1.90 bits per heavy atom. The van der Waals surface area contributed by atoms with Gasteiger partial charge in [0.15, 0.2) is 0 Å². The van der Waals surface area contributed by atoms with E-state index in [0.717, 1.165) is 19.3 Å². The maximum atomic E-state index is 12.5. The van der Waals surface area contributed by atoms with Crippen molar-refractivity contribution in [1.82, 2.24) is 0 Å². The molecule has 110 valence electrons. The topological polar surface area (TPSA) is 43.4 Å². The molecule has 4 aliphatic carbocycles. The first-order chi connectivity index (χ1) is 9.55. The van der Waals surface area contributed by atoms with E-state index in [9.17, 15) is 8.42 Å². The first kappa shape index (κ1) is 16.0. The smallest absolute Gasteiger partial charge is 1.00 e. The molecule has 5 rings (SSSR count). The minimum absolute atomic E-state index is 0. The van der Waals surface area contributed by atoms with Gasteiger partial charge >= 0.3 is 29.6 Å². The Morgan fingerprint density at radius 2 is 1.43 bits per heavy atom. The molecule has 4 bridgehead atoms. The van der Waals surface area contributed by atoms with Gasteiger partial charge in [0.2, 0.25) is 0 Å². The van der Waals surface area contributed by atoms with Crippen LogP contribution in [0, 0.1) is 17.8 Å². The molecule has 0 spiro atoms. The Labute approximate surface area is 150 Å². The van der Waals surface area contributed by atoms with Crippen LogP contribution in [0.25, 0.3) is 0 Å². The molecular formula is C16H21NaO3S. The molecule has 0 aromatic heterocycles. The third-order valence-corrected chi connectivity index (χ3v) is 6.72. The van der Waals surface area contributed by atoms with Crippen molar-refractivity contribution in [2.75, 3.05) is 0 Å². The van der Waals surface area contributed by atoms with Gasteiger partial charge in [-0.2, -0.15) is 8.42 Å². The van der Waals surface area contributed by atoms with Crippen LogP contribution in [0.3, 0.4) is 0 Å². The molecule has 0 amide bonds. The molecule has 3 nitrogen and oxygen atoms in total. The summed E-state index contributed by atoms with van der Waals surface area (Å²) in [6.07, 6.45) is 6.66. The van der Waals surface area contributed by atoms with E-state index in [-0.39, 0.29) is 35.9 Å². The Balaban J connectivity index is 0.000000882. The van der Waals surface area contributed by atoms with Crippen LogP contribution >= 0.6 is 0 Å². The van der Waals surface area contributed by atoms with Crippen molar-refractivity contribution in [2.24, 2.45) is 17.8 Å². The van der Waals surface area contributed by atoms with Gasteiger partial charge in [-0.15, -0.1) is 0 Å². The van der Waals surface area contributed by atoms with Crippen molar-refractivity contribution in [3.8, 4) is 0 Å². The van der Waals surface area contributed by atoms with Gasteiger partial charge in [-0.1, -0.05) is 18.2 Å². The first-order valence-electron chi connectivity index (χ1n) is 7.55. The predicted molar refractivity (Wildman–Crippen MR) is 76.7 cm³/mol. The third-order valence-electron chi connectivity index (χ3n) is 5.30. The van der Waals surface area contributed by atoms with Crippen LogP contribution in [0.5, 0.6) is 0 Å². The quantitative estimate of drug-likeness (QED) is 0.602. The van der Waals surface area contributed by atoms with E-state index in [1.165, 1.54) is 19.3 Å². The Kier molecular flexibility index (Phi) is 4.30. The summed E-state index contributed by atoms with van der Waals surface area (Å²) in [5.74, 6) is 2.06. The molecule has 5 heteroatoms. The van der Waals surface area contributed by atoms with Crippen molar-refractivity contribution in [3.05, 3.63) is 30.3 Å². The molecule has 4 fully saturated rings. The predicted octanol–water partition coefficient (Wildman–Crippen LogP) is 0.477. The summed E-state index contributed by atoms with van der Waals surface area (Å²) in [6.45, 7) is 0. The second-order valence-electron chi connectivity index (χ2n) is 6.95. The maximum Gasteiger partial charge on any atom is 1.00 e. The molecule has 0 unspecified atom stereocenters. The Morgan fingerprint density at radius 1 is 0.952 bits per heavy atom. The monoisotopic (exact) mass is 316 g/mol. The van der Waals surface area contributed by atoms with Crippen LogP contribution in [0.15, 0.2) is 35.2 Å². The van der Waals surface area contributed by atoms with Gasteiger partial charge in [-0.05, 0) is 68.4 Å². The van der Waals surface area contributed by atoms with Gasteiger partial charge in [0.05, 0.1) is 10.5 Å². The summed E-state index contributed by atoms with van der Waals surface area (Å²) < 4.78 is 30.8. The molecule has 4 aliphatic rings. The van der Waals surface area contributed by atoms with E-state index in [4.69, 9.17) is 4.18 Å². The average molecular weight is 316 g/mol. The molecule has 0 heterocycles. The molecule has 1 aromatic rings. The van der Waals surface area contributed by atoms with Gasteiger partial charge in [0, 0.05) is 0 Å². The fraction of sp³-hybridized carbons (Fsp3) is 0.625. The fourth-order valence-electron chi connectivity index (χ4n) is 5.00. The summed E-state index contributed by atoms with van der Waals surface area (Å²) in [5.41, 5.74) is -0.399. The first-order valence-corrected chi connectivity index (χ1v) is 8.96. The number of hydrogen-bond donors (Lipinski definition) is 0. The zero-order valence-corrected chi connectivity index (χ0v) is 15.3. The molecule has 0 radical (unpaired) electrons. The summed E-state index contributed by atoms with van der Waals surface area (Å²) in [6, 6.07) is 8.56. The Bertz CT molecular complexity index is 582. The molecule has 0 N–H and O–H groups in total. The normalized spacial score (nSPS) is 37.2. The zero-order chi connectivity index (χ0) is 13.8. The standard InChI is InChI=1S/C16H20O3S.Na.H/c17-20(18,15-4-2-1-3-5-15)19-16-9-12-6-13(10-16)8-14(7-12)11-16;;/h1-5,12-14H,6-11H2;;/q;+1;-1. The SMILES string of the molecule is O=S(=O)(OC12CC3CC(CC(C3)C1)C2)c1ccccc1.[H-].[Na+]. The van der Waals surface area contributed by atoms with E-state index >= 15 is 0 Å². The van der Waals surface area contributed by atoms with E-state index in [2.05, 4.69) is 0 Å². The van der Waals surface area contributed by atoms with Gasteiger partial charge in [0.25, 0.3) is 10.1 Å². The average Bonchev–Trinajstić information content (AvgIpc) is 2.36. The van der Waals surface area contributed by atoms with Crippen molar-refractivity contribution in [2.45, 2.75) is 49.0 Å². The minimum Gasteiger partial charge on any atom is -1.00 e. The zero-order valence-electron chi connectivity index (χ0n) is 13.5. The Hall–Kier alpha value is 0.130. The summed E-state index contributed by atoms with van der Waals surface area (Å²) >= 11 is 0. The second kappa shape index (κ2) is 5.64. The van der Waals surface area contributed by atoms with Crippen LogP contribution < -0.4 is 29.6 Å². The van der Waals surface area contributed by atoms with Crippen LogP contribution in [0.1, 0.15) is 40.0 Å². The van der Waals surface area contributed by atoms with E-state index in [1.54, 1.807) is 24.3 Å². The van der Waals surface area contributed by atoms with Crippen LogP contribution in [0.4, 0.5) is 0 Å². The van der Waals surface area contributed by atoms with E-state index in [1.807, 2.05) is 6.07 Å². The van der Waals surface area contributed by atoms with Crippen LogP contribution in [0.2, 0.25) is 0 Å². The van der Waals surface area contributed by atoms with Gasteiger partial charge < -0.3 is 1.43 Å². The van der Waals surface area contributed by atoms with Crippen LogP contribution in [-0.4, -0.2) is 14.0 Å². The van der Waals surface area contributed by atoms with Gasteiger partial charge in [-0.25, -0.2) is 0 Å². The van der Waals surface area contributed by atoms with Crippen molar-refractivity contribution < 1.29 is 43.6 Å². The number of benzene rings is 1. The molecule has 4 saturated carbocycles. The molecule has 0 aliphatic heterocycles. The summed E-state index contributed by atoms with van der Waals surface area (Å²) in [5, 5.41) is 0. The molecule has 21 heavy (non-hydrogen) atoms. The maximum absolute atomic E-state index is 12.5. The van der Waals surface area contributed by atoms with Gasteiger partial charge in [0.1, 0.15) is 0 Å². The molecular weight excluding hydrogens is 295 g/mol. The minimum atomic E-state index is -3.62. The van der Waals surface area contributed by atoms with Crippen molar-refractivity contribution in [1.29, 1.82) is 0 Å². The molecule has 1 aromatic carbocycles. The largest absolute Gasteiger partial charge is 1.00 e. The third kappa shape index (κ3) is 2.98. The van der Waals surface area contributed by atoms with Crippen LogP contribution in [-0.2, 0) is 14.3 Å². The second-order valence-corrected chi connectivity index (χ2v) is 8.50. The van der Waals surface area contributed by atoms with E-state index < -0.39 is 15.7 Å². The molecule has 0 saturated heterocycles. The summed E-state index contributed by atoms with van der Waals surface area (Å²) in [7, 11) is -3.62. The van der Waals surface area contributed by atoms with Gasteiger partial charge in [-0.3, -0.25) is 4.18 Å². The van der Waals surface area contributed by atoms with E-state index in [0.29, 0.717) is 17.8 Å². The number of hydrogen-bond acceptors (Lipinski definition) is 3. The molecule has 0 atom stereocenters. The van der Waals surface area contributed by atoms with Crippen molar-refractivity contribution in [3.63, 3.8) is 0 Å². The number of rotatable bonds is 3. The summed E-state index contributed by atoms with van der Waals surface area (Å²) in [4.78, 5) is 0.288.